The van der Waals surface area contributed by atoms with E-state index in [-0.39, 0.29) is 5.65 Å². The number of hydrogen-bond donors (Lipinski definition) is 2. The lowest BCUT2D eigenvalue weighted by Gasteiger charge is -2.11. The molecule has 0 aliphatic carbocycles. The molecule has 3 rings (SSSR count). The van der Waals surface area contributed by atoms with E-state index in [4.69, 9.17) is 0 Å². The van der Waals surface area contributed by atoms with Crippen LogP contribution in [0.15, 0.2) is 41.7 Å². The smallest absolute Gasteiger partial charge is 0.286 e. The van der Waals surface area contributed by atoms with Gasteiger partial charge in [0.2, 0.25) is 0 Å². The van der Waals surface area contributed by atoms with Crippen LogP contribution in [0.1, 0.15) is 17.7 Å². The fourth-order valence-corrected chi connectivity index (χ4v) is 2.50. The Hall–Kier alpha value is -2.96. The standard InChI is InChI=1S/C16H17N5O2/c1-11-15-13(8-14(22)21(23)16(15)20-10-19-11)18-7-3-5-12-4-2-6-17-9-12/h2,4,6,8-10,18,23H,3,5,7H2,1H3. The van der Waals surface area contributed by atoms with Crippen molar-refractivity contribution in [1.82, 2.24) is 19.7 Å². The van der Waals surface area contributed by atoms with Crippen LogP contribution in [0.25, 0.3) is 11.0 Å². The molecule has 0 saturated heterocycles. The average molecular weight is 311 g/mol. The molecule has 0 spiro atoms. The molecule has 0 radical (unpaired) electrons. The number of anilines is 1. The van der Waals surface area contributed by atoms with Crippen molar-refractivity contribution >= 4 is 16.7 Å². The number of hydrogen-bond acceptors (Lipinski definition) is 6. The third-order valence-corrected chi connectivity index (χ3v) is 3.64. The van der Waals surface area contributed by atoms with Gasteiger partial charge < -0.3 is 10.5 Å². The first-order valence-electron chi connectivity index (χ1n) is 7.36. The highest BCUT2D eigenvalue weighted by Crippen LogP contribution is 2.21. The zero-order valence-corrected chi connectivity index (χ0v) is 12.7. The van der Waals surface area contributed by atoms with Gasteiger partial charge in [0, 0.05) is 25.0 Å². The fraction of sp³-hybridized carbons (Fsp3) is 0.250. The van der Waals surface area contributed by atoms with Gasteiger partial charge in [-0.25, -0.2) is 9.97 Å². The molecule has 0 atom stereocenters. The Kier molecular flexibility index (Phi) is 4.18. The molecule has 0 amide bonds. The summed E-state index contributed by atoms with van der Waals surface area (Å²) >= 11 is 0. The van der Waals surface area contributed by atoms with Crippen LogP contribution in [0.4, 0.5) is 5.69 Å². The zero-order chi connectivity index (χ0) is 16.2. The highest BCUT2D eigenvalue weighted by Gasteiger charge is 2.12. The second-order valence-electron chi connectivity index (χ2n) is 5.26. The second-order valence-corrected chi connectivity index (χ2v) is 5.26. The zero-order valence-electron chi connectivity index (χ0n) is 12.7. The van der Waals surface area contributed by atoms with E-state index < -0.39 is 5.56 Å². The first kappa shape index (κ1) is 15.0. The van der Waals surface area contributed by atoms with Crippen molar-refractivity contribution in [2.24, 2.45) is 0 Å². The van der Waals surface area contributed by atoms with Gasteiger partial charge in [0.25, 0.3) is 5.56 Å². The van der Waals surface area contributed by atoms with Crippen LogP contribution in [-0.4, -0.2) is 31.4 Å². The molecule has 3 aromatic heterocycles. The topological polar surface area (TPSA) is 92.9 Å². The monoisotopic (exact) mass is 311 g/mol. The Morgan fingerprint density at radius 1 is 1.35 bits per heavy atom. The third kappa shape index (κ3) is 3.13. The van der Waals surface area contributed by atoms with Gasteiger partial charge in [-0.1, -0.05) is 6.07 Å². The van der Waals surface area contributed by atoms with Crippen molar-refractivity contribution in [2.75, 3.05) is 11.9 Å². The predicted octanol–water partition coefficient (Wildman–Crippen LogP) is 1.78. The minimum Gasteiger partial charge on any atom is -0.423 e. The van der Waals surface area contributed by atoms with Gasteiger partial charge in [-0.3, -0.25) is 9.78 Å². The van der Waals surface area contributed by atoms with Crippen molar-refractivity contribution in [3.05, 3.63) is 58.5 Å². The maximum Gasteiger partial charge on any atom is 0.286 e. The van der Waals surface area contributed by atoms with Gasteiger partial charge >= 0.3 is 0 Å². The fourth-order valence-electron chi connectivity index (χ4n) is 2.50. The number of nitrogens with one attached hydrogen (secondary N) is 1. The van der Waals surface area contributed by atoms with Crippen LogP contribution >= 0.6 is 0 Å². The highest BCUT2D eigenvalue weighted by atomic mass is 16.5. The van der Waals surface area contributed by atoms with E-state index in [0.717, 1.165) is 12.8 Å². The summed E-state index contributed by atoms with van der Waals surface area (Å²) in [6.45, 7) is 2.50. The summed E-state index contributed by atoms with van der Waals surface area (Å²) in [4.78, 5) is 24.0. The van der Waals surface area contributed by atoms with Gasteiger partial charge in [0.05, 0.1) is 16.8 Å². The van der Waals surface area contributed by atoms with Crippen LogP contribution in [0.3, 0.4) is 0 Å². The molecule has 0 fully saturated rings. The lowest BCUT2D eigenvalue weighted by atomic mass is 10.1. The van der Waals surface area contributed by atoms with E-state index >= 15 is 0 Å². The maximum absolute atomic E-state index is 11.8. The number of pyridine rings is 2. The average Bonchev–Trinajstić information content (AvgIpc) is 2.57. The summed E-state index contributed by atoms with van der Waals surface area (Å²) in [5.41, 5.74) is 2.20. The van der Waals surface area contributed by atoms with Crippen molar-refractivity contribution in [3.63, 3.8) is 0 Å². The SMILES string of the molecule is Cc1ncnc2c1c(NCCCc1cccnc1)cc(=O)n2O. The van der Waals surface area contributed by atoms with Crippen LogP contribution in [-0.2, 0) is 6.42 Å². The van der Waals surface area contributed by atoms with E-state index in [0.29, 0.717) is 28.0 Å². The molecule has 0 aliphatic heterocycles. The number of fused-ring (bicyclic) bond motifs is 1. The Bertz CT molecular complexity index is 877. The molecule has 2 N–H and O–H groups in total. The first-order chi connectivity index (χ1) is 11.2. The number of aromatic nitrogens is 4. The van der Waals surface area contributed by atoms with Crippen molar-refractivity contribution in [2.45, 2.75) is 19.8 Å². The summed E-state index contributed by atoms with van der Waals surface area (Å²) in [6, 6.07) is 5.31. The number of rotatable bonds is 5. The van der Waals surface area contributed by atoms with E-state index in [9.17, 15) is 10.0 Å². The van der Waals surface area contributed by atoms with Gasteiger partial charge in [-0.15, -0.1) is 4.73 Å². The van der Waals surface area contributed by atoms with Gasteiger partial charge in [-0.05, 0) is 31.4 Å². The molecule has 0 unspecified atom stereocenters. The molecule has 118 valence electrons. The second kappa shape index (κ2) is 6.43. The largest absolute Gasteiger partial charge is 0.423 e. The van der Waals surface area contributed by atoms with E-state index in [1.54, 1.807) is 6.20 Å². The predicted molar refractivity (Wildman–Crippen MR) is 86.8 cm³/mol. The summed E-state index contributed by atoms with van der Waals surface area (Å²) in [6.07, 6.45) is 6.71. The lowest BCUT2D eigenvalue weighted by Crippen LogP contribution is -2.20. The van der Waals surface area contributed by atoms with Crippen LogP contribution in [0.2, 0.25) is 0 Å². The summed E-state index contributed by atoms with van der Waals surface area (Å²) in [5, 5.41) is 13.7. The van der Waals surface area contributed by atoms with Gasteiger partial charge in [0.1, 0.15) is 6.33 Å². The Morgan fingerprint density at radius 3 is 3.00 bits per heavy atom. The van der Waals surface area contributed by atoms with Crippen LogP contribution in [0, 0.1) is 6.92 Å². The third-order valence-electron chi connectivity index (χ3n) is 3.64. The van der Waals surface area contributed by atoms with Crippen molar-refractivity contribution in [1.29, 1.82) is 0 Å². The summed E-state index contributed by atoms with van der Waals surface area (Å²) in [5.74, 6) is 0. The minimum absolute atomic E-state index is 0.208. The van der Waals surface area contributed by atoms with Crippen molar-refractivity contribution < 1.29 is 5.21 Å². The number of aryl methyl sites for hydroxylation is 2. The summed E-state index contributed by atoms with van der Waals surface area (Å²) in [7, 11) is 0. The minimum atomic E-state index is -0.523. The quantitative estimate of drug-likeness (QED) is 0.551. The molecule has 23 heavy (non-hydrogen) atoms. The molecule has 7 nitrogen and oxygen atoms in total. The number of nitrogens with zero attached hydrogens (tertiary/aromatic N) is 4. The molecule has 7 heteroatoms. The molecule has 3 heterocycles. The van der Waals surface area contributed by atoms with Gasteiger partial charge in [0.15, 0.2) is 5.65 Å². The molecule has 0 aromatic carbocycles. The van der Waals surface area contributed by atoms with E-state index in [1.165, 1.54) is 18.0 Å². The maximum atomic E-state index is 11.8. The summed E-state index contributed by atoms with van der Waals surface area (Å²) < 4.78 is 0.546. The van der Waals surface area contributed by atoms with Crippen LogP contribution < -0.4 is 10.9 Å². The Morgan fingerprint density at radius 2 is 2.22 bits per heavy atom. The van der Waals surface area contributed by atoms with Crippen molar-refractivity contribution in [3.8, 4) is 0 Å². The highest BCUT2D eigenvalue weighted by molar-refractivity contribution is 5.90. The van der Waals surface area contributed by atoms with Gasteiger partial charge in [-0.2, -0.15) is 0 Å². The van der Waals surface area contributed by atoms with E-state index in [2.05, 4.69) is 20.3 Å². The molecular weight excluding hydrogens is 294 g/mol. The molecule has 0 aliphatic rings. The Labute approximate surface area is 132 Å². The van der Waals surface area contributed by atoms with E-state index in [1.807, 2.05) is 25.3 Å². The molecule has 0 bridgehead atoms. The Balaban J connectivity index is 1.78. The molecule has 3 aromatic rings. The normalized spacial score (nSPS) is 10.8. The molecule has 0 saturated carbocycles. The van der Waals surface area contributed by atoms with Crippen LogP contribution in [0.5, 0.6) is 0 Å². The lowest BCUT2D eigenvalue weighted by molar-refractivity contribution is 0.186. The molecular formula is C16H17N5O2. The first-order valence-corrected chi connectivity index (χ1v) is 7.36.